The zero-order chi connectivity index (χ0) is 19.3. The van der Waals surface area contributed by atoms with E-state index >= 15 is 0 Å². The molecule has 1 aromatic heterocycles. The Balaban J connectivity index is 1.91. The van der Waals surface area contributed by atoms with Crippen molar-refractivity contribution >= 4 is 22.8 Å². The maximum Gasteiger partial charge on any atom is 0.337 e. The average molecular weight is 367 g/mol. The monoisotopic (exact) mass is 367 g/mol. The van der Waals surface area contributed by atoms with Gasteiger partial charge in [0.25, 0.3) is 5.91 Å². The second kappa shape index (κ2) is 6.05. The highest BCUT2D eigenvalue weighted by atomic mass is 19.1. The molecule has 6 nitrogen and oxygen atoms in total. The van der Waals surface area contributed by atoms with Gasteiger partial charge in [-0.2, -0.15) is 0 Å². The Morgan fingerprint density at radius 1 is 1.15 bits per heavy atom. The van der Waals surface area contributed by atoms with Crippen LogP contribution in [0.1, 0.15) is 38.1 Å². The molecule has 1 atom stereocenters. The lowest BCUT2D eigenvalue weighted by molar-refractivity contribution is 0.0600. The van der Waals surface area contributed by atoms with Crippen LogP contribution in [-0.4, -0.2) is 30.9 Å². The van der Waals surface area contributed by atoms with E-state index in [1.54, 1.807) is 31.3 Å². The normalized spacial score (nSPS) is 15.9. The van der Waals surface area contributed by atoms with Gasteiger partial charge >= 0.3 is 5.97 Å². The predicted octanol–water partition coefficient (Wildman–Crippen LogP) is 2.89. The first-order chi connectivity index (χ1) is 12.9. The molecule has 27 heavy (non-hydrogen) atoms. The van der Waals surface area contributed by atoms with Crippen LogP contribution < -0.4 is 5.43 Å². The van der Waals surface area contributed by atoms with Gasteiger partial charge in [-0.15, -0.1) is 0 Å². The summed E-state index contributed by atoms with van der Waals surface area (Å²) in [5.74, 6) is -1.54. The van der Waals surface area contributed by atoms with E-state index in [4.69, 9.17) is 4.42 Å². The first kappa shape index (κ1) is 17.0. The zero-order valence-corrected chi connectivity index (χ0v) is 14.5. The first-order valence-corrected chi connectivity index (χ1v) is 8.14. The number of amides is 1. The number of hydrogen-bond donors (Lipinski definition) is 0. The van der Waals surface area contributed by atoms with E-state index in [9.17, 15) is 18.8 Å². The molecule has 2 heterocycles. The van der Waals surface area contributed by atoms with Gasteiger partial charge in [0, 0.05) is 7.05 Å². The predicted molar refractivity (Wildman–Crippen MR) is 94.2 cm³/mol. The standard InChI is InChI=1S/C20H14FNO5/c1-22-16(10-3-5-11(6-4-10)20(25)26-2)15-17(23)13-9-12(21)7-8-14(13)27-18(15)19(22)24/h3-9,16H,1-2H3. The van der Waals surface area contributed by atoms with Crippen molar-refractivity contribution in [3.8, 4) is 0 Å². The molecule has 7 heteroatoms. The summed E-state index contributed by atoms with van der Waals surface area (Å²) in [4.78, 5) is 38.6. The third kappa shape index (κ3) is 2.51. The molecular formula is C20H14FNO5. The van der Waals surface area contributed by atoms with Crippen LogP contribution in [-0.2, 0) is 4.74 Å². The Morgan fingerprint density at radius 3 is 2.52 bits per heavy atom. The van der Waals surface area contributed by atoms with E-state index in [-0.39, 0.29) is 22.3 Å². The van der Waals surface area contributed by atoms with E-state index < -0.39 is 29.2 Å². The highest BCUT2D eigenvalue weighted by Crippen LogP contribution is 2.37. The summed E-state index contributed by atoms with van der Waals surface area (Å²) in [6, 6.07) is 9.31. The third-order valence-electron chi connectivity index (χ3n) is 4.71. The second-order valence-corrected chi connectivity index (χ2v) is 6.25. The lowest BCUT2D eigenvalue weighted by Crippen LogP contribution is -2.25. The van der Waals surface area contributed by atoms with Gasteiger partial charge in [-0.3, -0.25) is 9.59 Å². The van der Waals surface area contributed by atoms with Crippen molar-refractivity contribution in [2.24, 2.45) is 0 Å². The molecule has 0 saturated heterocycles. The molecule has 0 fully saturated rings. The number of carbonyl (C=O) groups is 2. The van der Waals surface area contributed by atoms with Crippen molar-refractivity contribution in [1.82, 2.24) is 4.90 Å². The molecule has 0 saturated carbocycles. The molecule has 0 spiro atoms. The van der Waals surface area contributed by atoms with Gasteiger partial charge in [-0.1, -0.05) is 12.1 Å². The van der Waals surface area contributed by atoms with E-state index in [0.29, 0.717) is 11.1 Å². The molecule has 0 bridgehead atoms. The number of carbonyl (C=O) groups excluding carboxylic acids is 2. The van der Waals surface area contributed by atoms with Crippen molar-refractivity contribution in [2.45, 2.75) is 6.04 Å². The van der Waals surface area contributed by atoms with Crippen LogP contribution in [0, 0.1) is 5.82 Å². The number of hydrogen-bond acceptors (Lipinski definition) is 5. The molecule has 2 aromatic carbocycles. The molecule has 1 unspecified atom stereocenters. The summed E-state index contributed by atoms with van der Waals surface area (Å²) in [6.45, 7) is 0. The Hall–Kier alpha value is -3.48. The molecule has 0 N–H and O–H groups in total. The van der Waals surface area contributed by atoms with Crippen LogP contribution in [0.5, 0.6) is 0 Å². The van der Waals surface area contributed by atoms with Crippen LogP contribution in [0.2, 0.25) is 0 Å². The number of rotatable bonds is 2. The fourth-order valence-electron chi connectivity index (χ4n) is 3.37. The van der Waals surface area contributed by atoms with Gasteiger partial charge in [-0.25, -0.2) is 9.18 Å². The number of nitrogens with zero attached hydrogens (tertiary/aromatic N) is 1. The summed E-state index contributed by atoms with van der Waals surface area (Å²) >= 11 is 0. The Morgan fingerprint density at radius 2 is 1.85 bits per heavy atom. The summed E-state index contributed by atoms with van der Waals surface area (Å²) in [5, 5.41) is 0.0769. The zero-order valence-electron chi connectivity index (χ0n) is 14.5. The van der Waals surface area contributed by atoms with E-state index in [2.05, 4.69) is 4.74 Å². The highest BCUT2D eigenvalue weighted by molar-refractivity contribution is 5.99. The van der Waals surface area contributed by atoms with Crippen molar-refractivity contribution in [3.05, 3.63) is 81.0 Å². The van der Waals surface area contributed by atoms with Crippen molar-refractivity contribution in [2.75, 3.05) is 14.2 Å². The van der Waals surface area contributed by atoms with Gasteiger partial charge in [0.15, 0.2) is 5.43 Å². The van der Waals surface area contributed by atoms with Crippen LogP contribution >= 0.6 is 0 Å². The van der Waals surface area contributed by atoms with Crippen LogP contribution in [0.3, 0.4) is 0 Å². The van der Waals surface area contributed by atoms with Gasteiger partial charge in [0.05, 0.1) is 29.7 Å². The molecule has 0 radical (unpaired) electrons. The summed E-state index contributed by atoms with van der Waals surface area (Å²) in [5.41, 5.74) is 0.835. The minimum Gasteiger partial charge on any atom is -0.465 e. The van der Waals surface area contributed by atoms with Gasteiger partial charge in [0.1, 0.15) is 11.4 Å². The Bertz CT molecular complexity index is 1150. The van der Waals surface area contributed by atoms with E-state index in [1.807, 2.05) is 0 Å². The second-order valence-electron chi connectivity index (χ2n) is 6.25. The minimum absolute atomic E-state index is 0.0522. The molecule has 1 amide bonds. The minimum atomic E-state index is -0.692. The van der Waals surface area contributed by atoms with Crippen molar-refractivity contribution in [3.63, 3.8) is 0 Å². The smallest absolute Gasteiger partial charge is 0.337 e. The van der Waals surface area contributed by atoms with Crippen molar-refractivity contribution < 1.29 is 23.1 Å². The molecule has 0 aliphatic carbocycles. The maximum atomic E-state index is 13.6. The SMILES string of the molecule is COC(=O)c1ccc(C2c3c(oc4ccc(F)cc4c3=O)C(=O)N2C)cc1. The Labute approximate surface area is 152 Å². The first-order valence-electron chi connectivity index (χ1n) is 8.14. The average Bonchev–Trinajstić information content (AvgIpc) is 2.93. The van der Waals surface area contributed by atoms with E-state index in [1.165, 1.54) is 24.1 Å². The number of ether oxygens (including phenoxy) is 1. The number of benzene rings is 2. The summed E-state index contributed by atoms with van der Waals surface area (Å²) in [7, 11) is 2.84. The van der Waals surface area contributed by atoms with Gasteiger partial charge < -0.3 is 14.1 Å². The fourth-order valence-corrected chi connectivity index (χ4v) is 3.37. The molecule has 1 aliphatic rings. The van der Waals surface area contributed by atoms with E-state index in [0.717, 1.165) is 6.07 Å². The number of halogens is 1. The maximum absolute atomic E-state index is 13.6. The largest absolute Gasteiger partial charge is 0.465 e. The van der Waals surface area contributed by atoms with Crippen molar-refractivity contribution in [1.29, 1.82) is 0 Å². The number of methoxy groups -OCH3 is 1. The quantitative estimate of drug-likeness (QED) is 0.651. The number of fused-ring (bicyclic) bond motifs is 2. The summed E-state index contributed by atoms with van der Waals surface area (Å²) in [6.07, 6.45) is 0. The fraction of sp³-hybridized carbons (Fsp3) is 0.150. The lowest BCUT2D eigenvalue weighted by Gasteiger charge is -2.20. The van der Waals surface area contributed by atoms with Gasteiger partial charge in [0.2, 0.25) is 5.76 Å². The molecule has 1 aliphatic heterocycles. The molecule has 136 valence electrons. The highest BCUT2D eigenvalue weighted by Gasteiger charge is 2.40. The number of esters is 1. The van der Waals surface area contributed by atoms with Crippen LogP contribution in [0.25, 0.3) is 11.0 Å². The summed E-state index contributed by atoms with van der Waals surface area (Å²) < 4.78 is 23.9. The molecule has 4 rings (SSSR count). The third-order valence-corrected chi connectivity index (χ3v) is 4.71. The molecule has 3 aromatic rings. The van der Waals surface area contributed by atoms with Crippen LogP contribution in [0.4, 0.5) is 4.39 Å². The Kier molecular flexibility index (Phi) is 3.80. The topological polar surface area (TPSA) is 76.8 Å². The van der Waals surface area contributed by atoms with Crippen LogP contribution in [0.15, 0.2) is 51.7 Å². The lowest BCUT2D eigenvalue weighted by atomic mass is 9.98. The van der Waals surface area contributed by atoms with Gasteiger partial charge in [-0.05, 0) is 35.9 Å². The molecular weight excluding hydrogens is 353 g/mol.